The highest BCUT2D eigenvalue weighted by Gasteiger charge is 2.23. The minimum atomic E-state index is -3.58. The predicted octanol–water partition coefficient (Wildman–Crippen LogP) is -0.631. The summed E-state index contributed by atoms with van der Waals surface area (Å²) in [4.78, 5) is 15.8. The van der Waals surface area contributed by atoms with Gasteiger partial charge in [0.15, 0.2) is 0 Å². The lowest BCUT2D eigenvalue weighted by atomic mass is 10.3. The molecular formula is C15H21N5O4S2. The van der Waals surface area contributed by atoms with Crippen molar-refractivity contribution >= 4 is 27.8 Å². The number of nitrogens with zero attached hydrogens (tertiary/aromatic N) is 3. The number of nitrogen functional groups attached to an aromatic ring is 1. The molecule has 1 aromatic heterocycles. The molecular weight excluding hydrogens is 378 g/mol. The highest BCUT2D eigenvalue weighted by atomic mass is 32.2. The Morgan fingerprint density at radius 3 is 2.88 bits per heavy atom. The fraction of sp³-hybridized carbons (Fsp3) is 0.600. The van der Waals surface area contributed by atoms with Gasteiger partial charge in [0.1, 0.15) is 5.82 Å². The summed E-state index contributed by atoms with van der Waals surface area (Å²) in [6.07, 6.45) is 3.57. The van der Waals surface area contributed by atoms with E-state index < -0.39 is 10.2 Å². The molecule has 2 aliphatic rings. The molecule has 2 fully saturated rings. The van der Waals surface area contributed by atoms with Crippen molar-refractivity contribution in [3.05, 3.63) is 22.2 Å². The zero-order chi connectivity index (χ0) is 18.6. The molecule has 0 saturated carbocycles. The Balaban J connectivity index is 1.67. The van der Waals surface area contributed by atoms with Crippen LogP contribution in [-0.2, 0) is 14.9 Å². The lowest BCUT2D eigenvalue weighted by molar-refractivity contribution is 0.0725. The molecule has 142 valence electrons. The van der Waals surface area contributed by atoms with Gasteiger partial charge in [-0.05, 0) is 18.6 Å². The van der Waals surface area contributed by atoms with Gasteiger partial charge >= 0.3 is 5.69 Å². The number of aromatic nitrogens is 2. The average molecular weight is 399 g/mol. The van der Waals surface area contributed by atoms with E-state index in [1.807, 2.05) is 0 Å². The first kappa shape index (κ1) is 19.2. The molecule has 3 N–H and O–H groups in total. The van der Waals surface area contributed by atoms with Gasteiger partial charge in [0, 0.05) is 19.3 Å². The molecule has 2 saturated heterocycles. The number of morpholine rings is 1. The maximum Gasteiger partial charge on any atom is 0.350 e. The molecule has 1 atom stereocenters. The van der Waals surface area contributed by atoms with Crippen molar-refractivity contribution in [1.82, 2.24) is 18.6 Å². The highest BCUT2D eigenvalue weighted by molar-refractivity contribution is 7.99. The van der Waals surface area contributed by atoms with Crippen LogP contribution in [0.4, 0.5) is 5.82 Å². The van der Waals surface area contributed by atoms with E-state index in [-0.39, 0.29) is 23.4 Å². The number of hydrogen-bond acceptors (Lipinski definition) is 7. The lowest BCUT2D eigenvalue weighted by Gasteiger charge is -2.25. The summed E-state index contributed by atoms with van der Waals surface area (Å²) < 4.78 is 34.7. The van der Waals surface area contributed by atoms with Crippen LogP contribution in [0.15, 0.2) is 11.0 Å². The Hall–Kier alpha value is -1.58. The second kappa shape index (κ2) is 8.41. The second-order valence-electron chi connectivity index (χ2n) is 5.84. The quantitative estimate of drug-likeness (QED) is 0.647. The van der Waals surface area contributed by atoms with Crippen LogP contribution < -0.4 is 16.1 Å². The maximum absolute atomic E-state index is 12.1. The Bertz CT molecular complexity index is 862. The van der Waals surface area contributed by atoms with Gasteiger partial charge in [0.2, 0.25) is 0 Å². The monoisotopic (exact) mass is 399 g/mol. The predicted molar refractivity (Wildman–Crippen MR) is 99.8 cm³/mol. The Labute approximate surface area is 156 Å². The van der Waals surface area contributed by atoms with E-state index in [0.717, 1.165) is 18.6 Å². The van der Waals surface area contributed by atoms with Crippen LogP contribution in [0.5, 0.6) is 0 Å². The molecule has 3 heterocycles. The molecule has 0 unspecified atom stereocenters. The molecule has 9 nitrogen and oxygen atoms in total. The van der Waals surface area contributed by atoms with E-state index in [1.165, 1.54) is 4.31 Å². The van der Waals surface area contributed by atoms with Crippen LogP contribution in [0.25, 0.3) is 0 Å². The largest absolute Gasteiger partial charge is 0.382 e. The van der Waals surface area contributed by atoms with Crippen molar-refractivity contribution in [3.63, 3.8) is 0 Å². The number of rotatable bonds is 4. The van der Waals surface area contributed by atoms with E-state index in [4.69, 9.17) is 10.5 Å². The SMILES string of the molecule is Nc1nc(=O)n([C@H]2CCCS2)cc1C#CCNS(=O)(=O)N1CCOCC1. The molecule has 0 aromatic carbocycles. The summed E-state index contributed by atoms with van der Waals surface area (Å²) in [7, 11) is -3.58. The van der Waals surface area contributed by atoms with Gasteiger partial charge in [-0.1, -0.05) is 11.8 Å². The third kappa shape index (κ3) is 4.57. The minimum absolute atomic E-state index is 0.0518. The third-order valence-electron chi connectivity index (χ3n) is 4.07. The van der Waals surface area contributed by atoms with Gasteiger partial charge in [0.25, 0.3) is 10.2 Å². The number of hydrogen-bond donors (Lipinski definition) is 2. The number of ether oxygens (including phenoxy) is 1. The molecule has 26 heavy (non-hydrogen) atoms. The van der Waals surface area contributed by atoms with Gasteiger partial charge in [-0.3, -0.25) is 4.57 Å². The molecule has 0 aliphatic carbocycles. The normalized spacial score (nSPS) is 21.3. The van der Waals surface area contributed by atoms with E-state index in [0.29, 0.717) is 31.9 Å². The van der Waals surface area contributed by atoms with Crippen molar-refractivity contribution < 1.29 is 13.2 Å². The van der Waals surface area contributed by atoms with Crippen molar-refractivity contribution in [3.8, 4) is 11.8 Å². The first-order valence-corrected chi connectivity index (χ1v) is 10.8. The summed E-state index contributed by atoms with van der Waals surface area (Å²) in [6.45, 7) is 1.36. The number of nitrogens with two attached hydrogens (primary N) is 1. The van der Waals surface area contributed by atoms with Crippen molar-refractivity contribution in [2.45, 2.75) is 18.2 Å². The summed E-state index contributed by atoms with van der Waals surface area (Å²) in [6, 6.07) is 0. The topological polar surface area (TPSA) is 120 Å². The molecule has 2 aliphatic heterocycles. The number of anilines is 1. The smallest absolute Gasteiger partial charge is 0.350 e. The van der Waals surface area contributed by atoms with Gasteiger partial charge in [-0.2, -0.15) is 22.4 Å². The van der Waals surface area contributed by atoms with Crippen LogP contribution in [0.2, 0.25) is 0 Å². The van der Waals surface area contributed by atoms with E-state index >= 15 is 0 Å². The van der Waals surface area contributed by atoms with Crippen LogP contribution in [0.3, 0.4) is 0 Å². The van der Waals surface area contributed by atoms with Crippen molar-refractivity contribution in [2.24, 2.45) is 0 Å². The molecule has 0 radical (unpaired) electrons. The van der Waals surface area contributed by atoms with Gasteiger partial charge < -0.3 is 10.5 Å². The number of thioether (sulfide) groups is 1. The fourth-order valence-electron chi connectivity index (χ4n) is 2.71. The van der Waals surface area contributed by atoms with Crippen LogP contribution in [0, 0.1) is 11.8 Å². The summed E-state index contributed by atoms with van der Waals surface area (Å²) >= 11 is 1.70. The summed E-state index contributed by atoms with van der Waals surface area (Å²) in [5, 5.41) is 0.0518. The van der Waals surface area contributed by atoms with Gasteiger partial charge in [-0.15, -0.1) is 11.8 Å². The Morgan fingerprint density at radius 1 is 1.42 bits per heavy atom. The first-order valence-electron chi connectivity index (χ1n) is 8.29. The zero-order valence-corrected chi connectivity index (χ0v) is 15.8. The minimum Gasteiger partial charge on any atom is -0.382 e. The van der Waals surface area contributed by atoms with Crippen molar-refractivity contribution in [1.29, 1.82) is 0 Å². The Kier molecular flexibility index (Phi) is 6.20. The van der Waals surface area contributed by atoms with Gasteiger partial charge in [-0.25, -0.2) is 4.79 Å². The standard InChI is InChI=1S/C15H21N5O4S2/c16-14-12(11-20(15(21)18-14)13-4-2-10-25-13)3-1-5-17-26(22,23)19-6-8-24-9-7-19/h11,13,17H,2,4-10H2,(H2,16,18,21)/t13-/m1/s1. The molecule has 1 aromatic rings. The van der Waals surface area contributed by atoms with E-state index in [1.54, 1.807) is 22.5 Å². The van der Waals surface area contributed by atoms with E-state index in [9.17, 15) is 13.2 Å². The lowest BCUT2D eigenvalue weighted by Crippen LogP contribution is -2.46. The Morgan fingerprint density at radius 2 is 2.19 bits per heavy atom. The van der Waals surface area contributed by atoms with Crippen molar-refractivity contribution in [2.75, 3.05) is 44.3 Å². The van der Waals surface area contributed by atoms with Crippen LogP contribution in [0.1, 0.15) is 23.8 Å². The average Bonchev–Trinajstić information content (AvgIpc) is 3.15. The van der Waals surface area contributed by atoms with Gasteiger partial charge in [0.05, 0.1) is 30.7 Å². The molecule has 3 rings (SSSR count). The van der Waals surface area contributed by atoms with Crippen LogP contribution >= 0.6 is 11.8 Å². The third-order valence-corrected chi connectivity index (χ3v) is 7.00. The molecule has 0 spiro atoms. The second-order valence-corrected chi connectivity index (χ2v) is 8.88. The first-order chi connectivity index (χ1) is 12.5. The maximum atomic E-state index is 12.1. The highest BCUT2D eigenvalue weighted by Crippen LogP contribution is 2.34. The van der Waals surface area contributed by atoms with E-state index in [2.05, 4.69) is 21.5 Å². The molecule has 0 amide bonds. The molecule has 11 heteroatoms. The fourth-order valence-corrected chi connectivity index (χ4v) is 5.03. The van der Waals surface area contributed by atoms with Crippen LogP contribution in [-0.4, -0.2) is 60.9 Å². The summed E-state index contributed by atoms with van der Waals surface area (Å²) in [5.74, 6) is 6.60. The number of nitrogens with one attached hydrogen (secondary N) is 1. The molecule has 0 bridgehead atoms. The zero-order valence-electron chi connectivity index (χ0n) is 14.2. The summed E-state index contributed by atoms with van der Waals surface area (Å²) in [5.41, 5.74) is 5.81.